The molecular formula is C26H33F3N2O6S. The number of carboxylic acid groups (broad SMARTS) is 2. The number of alkyl halides is 3. The third-order valence-electron chi connectivity index (χ3n) is 4.83. The number of rotatable bonds is 11. The second kappa shape index (κ2) is 15.2. The van der Waals surface area contributed by atoms with Crippen molar-refractivity contribution < 1.29 is 46.7 Å². The first-order chi connectivity index (χ1) is 17.6. The molecule has 0 aliphatic heterocycles. The summed E-state index contributed by atoms with van der Waals surface area (Å²) in [5.74, 6) is 2.21. The number of carbonyl (C=O) groups excluding carboxylic acids is 2. The first-order valence-corrected chi connectivity index (χ1v) is 12.7. The minimum absolute atomic E-state index is 0.129. The van der Waals surface area contributed by atoms with E-state index in [0.717, 1.165) is 11.3 Å². The second-order valence-corrected chi connectivity index (χ2v) is 10.7. The second-order valence-electron chi connectivity index (χ2n) is 9.52. The Morgan fingerprint density at radius 3 is 2.32 bits per heavy atom. The van der Waals surface area contributed by atoms with Crippen molar-refractivity contribution in [3.8, 4) is 11.8 Å². The fourth-order valence-electron chi connectivity index (χ4n) is 3.25. The molecule has 0 saturated carbocycles. The molecule has 2 N–H and O–H groups in total. The summed E-state index contributed by atoms with van der Waals surface area (Å²) in [5.41, 5.74) is 0. The van der Waals surface area contributed by atoms with E-state index in [0.29, 0.717) is 16.8 Å². The number of hydrogen-bond donors (Lipinski definition) is 2. The summed E-state index contributed by atoms with van der Waals surface area (Å²) in [6.07, 6.45) is 0.721. The summed E-state index contributed by atoms with van der Waals surface area (Å²) in [5, 5.41) is 20.7. The minimum Gasteiger partial charge on any atom is -0.542 e. The van der Waals surface area contributed by atoms with Crippen LogP contribution in [0, 0.1) is 11.8 Å². The molecule has 1 unspecified atom stereocenters. The zero-order valence-corrected chi connectivity index (χ0v) is 22.6. The molecule has 2 rings (SSSR count). The number of thiophene rings is 1. The lowest BCUT2D eigenvalue weighted by Crippen LogP contribution is -2.49. The fraction of sp³-hybridized carbons (Fsp3) is 0.500. The van der Waals surface area contributed by atoms with Gasteiger partial charge >= 0.3 is 12.1 Å². The highest BCUT2D eigenvalue weighted by molar-refractivity contribution is 7.12. The lowest BCUT2D eigenvalue weighted by molar-refractivity contribution is -0.871. The monoisotopic (exact) mass is 558 g/mol. The first kappa shape index (κ1) is 32.7. The van der Waals surface area contributed by atoms with Crippen molar-refractivity contribution in [2.45, 2.75) is 57.7 Å². The third-order valence-corrected chi connectivity index (χ3v) is 5.89. The van der Waals surface area contributed by atoms with E-state index >= 15 is 0 Å². The number of nitrogens with one attached hydrogen (secondary N) is 1. The van der Waals surface area contributed by atoms with Gasteiger partial charge in [-0.1, -0.05) is 26.2 Å². The number of carboxylic acids is 2. The van der Waals surface area contributed by atoms with Gasteiger partial charge in [0.15, 0.2) is 11.5 Å². The Kier molecular flexibility index (Phi) is 13.1. The molecule has 1 atom stereocenters. The van der Waals surface area contributed by atoms with Crippen LogP contribution in [-0.2, 0) is 16.0 Å². The molecule has 2 aromatic heterocycles. The van der Waals surface area contributed by atoms with Gasteiger partial charge in [0.1, 0.15) is 5.97 Å². The van der Waals surface area contributed by atoms with E-state index in [2.05, 4.69) is 30.1 Å². The number of aliphatic carboxylic acids is 2. The highest BCUT2D eigenvalue weighted by Crippen LogP contribution is 2.19. The summed E-state index contributed by atoms with van der Waals surface area (Å²) in [7, 11) is 5.84. The molecule has 0 aromatic carbocycles. The van der Waals surface area contributed by atoms with Gasteiger partial charge in [0.05, 0.1) is 45.0 Å². The van der Waals surface area contributed by atoms with Crippen LogP contribution in [0.3, 0.4) is 0 Å². The van der Waals surface area contributed by atoms with Crippen LogP contribution < -0.4 is 10.4 Å². The molecule has 0 aliphatic carbocycles. The first-order valence-electron chi connectivity index (χ1n) is 11.9. The fourth-order valence-corrected chi connectivity index (χ4v) is 4.15. The van der Waals surface area contributed by atoms with E-state index in [4.69, 9.17) is 19.4 Å². The molecule has 0 saturated heterocycles. The van der Waals surface area contributed by atoms with Crippen LogP contribution in [0.5, 0.6) is 0 Å². The van der Waals surface area contributed by atoms with Crippen molar-refractivity contribution in [2.75, 3.05) is 27.7 Å². The van der Waals surface area contributed by atoms with Crippen LogP contribution in [0.2, 0.25) is 0 Å². The predicted octanol–water partition coefficient (Wildman–Crippen LogP) is 3.44. The Balaban J connectivity index is 0.000000905. The molecular weight excluding hydrogens is 525 g/mol. The summed E-state index contributed by atoms with van der Waals surface area (Å²) in [6, 6.07) is 6.87. The highest BCUT2D eigenvalue weighted by Gasteiger charge is 2.29. The van der Waals surface area contributed by atoms with E-state index < -0.39 is 30.1 Å². The Morgan fingerprint density at radius 2 is 1.76 bits per heavy atom. The molecule has 0 aliphatic rings. The van der Waals surface area contributed by atoms with Crippen molar-refractivity contribution in [3.05, 3.63) is 45.5 Å². The van der Waals surface area contributed by atoms with Crippen LogP contribution in [-0.4, -0.2) is 67.3 Å². The maximum Gasteiger partial charge on any atom is 0.430 e. The van der Waals surface area contributed by atoms with Gasteiger partial charge in [0.2, 0.25) is 0 Å². The number of quaternary nitrogens is 1. The number of aryl methyl sites for hydroxylation is 1. The smallest absolute Gasteiger partial charge is 0.430 e. The van der Waals surface area contributed by atoms with Crippen molar-refractivity contribution in [1.29, 1.82) is 0 Å². The van der Waals surface area contributed by atoms with Gasteiger partial charge in [-0.05, 0) is 48.9 Å². The van der Waals surface area contributed by atoms with E-state index in [-0.39, 0.29) is 12.2 Å². The van der Waals surface area contributed by atoms with E-state index in [1.54, 1.807) is 23.5 Å². The number of nitrogens with zero attached hydrogens (tertiary/aromatic N) is 1. The molecule has 8 nitrogen and oxygen atoms in total. The number of hydrogen-bond acceptors (Lipinski definition) is 6. The Labute approximate surface area is 224 Å². The number of furan rings is 1. The molecule has 0 bridgehead atoms. The Bertz CT molecular complexity index is 1120. The SMILES string of the molecule is CCCCCCc1ccc(C#Cc2ccc(C(=O)NC(CC(=O)O)C[N+](C)(C)C)o2)s1.O=C([O-])C(F)(F)F. The molecule has 38 heavy (non-hydrogen) atoms. The quantitative estimate of drug-likeness (QED) is 0.248. The number of unbranched alkanes of at least 4 members (excludes halogenated alkanes) is 3. The molecule has 1 amide bonds. The molecule has 210 valence electrons. The van der Waals surface area contributed by atoms with Gasteiger partial charge in [0, 0.05) is 4.88 Å². The minimum atomic E-state index is -5.19. The van der Waals surface area contributed by atoms with Gasteiger partial charge in [0.25, 0.3) is 5.91 Å². The van der Waals surface area contributed by atoms with Gasteiger partial charge in [-0.15, -0.1) is 11.3 Å². The molecule has 0 fully saturated rings. The van der Waals surface area contributed by atoms with Crippen molar-refractivity contribution in [1.82, 2.24) is 5.32 Å². The molecule has 2 aromatic rings. The predicted molar refractivity (Wildman–Crippen MR) is 134 cm³/mol. The summed E-state index contributed by atoms with van der Waals surface area (Å²) in [4.78, 5) is 34.7. The maximum absolute atomic E-state index is 12.5. The number of likely N-dealkylation sites (N-methyl/N-ethyl adjacent to an activating group) is 1. The highest BCUT2D eigenvalue weighted by atomic mass is 32.1. The van der Waals surface area contributed by atoms with E-state index in [9.17, 15) is 22.8 Å². The van der Waals surface area contributed by atoms with Crippen LogP contribution in [0.4, 0.5) is 13.2 Å². The largest absolute Gasteiger partial charge is 0.542 e. The zero-order valence-electron chi connectivity index (χ0n) is 21.8. The zero-order chi connectivity index (χ0) is 28.9. The summed E-state index contributed by atoms with van der Waals surface area (Å²) >= 11 is 1.69. The lowest BCUT2D eigenvalue weighted by atomic mass is 10.1. The maximum atomic E-state index is 12.5. The van der Waals surface area contributed by atoms with Gasteiger partial charge in [-0.3, -0.25) is 9.59 Å². The average molecular weight is 559 g/mol. The van der Waals surface area contributed by atoms with Crippen LogP contribution in [0.15, 0.2) is 28.7 Å². The Morgan fingerprint density at radius 1 is 1.11 bits per heavy atom. The third kappa shape index (κ3) is 13.9. The number of carbonyl (C=O) groups is 3. The van der Waals surface area contributed by atoms with Gasteiger partial charge in [-0.25, -0.2) is 0 Å². The number of halogens is 3. The standard InChI is InChI=1S/C24H32N2O4S.C2HF3O2/c1-5-6-7-8-9-20-13-14-21(31-20)12-10-19-11-15-22(30-19)24(29)25-18(16-23(27)28)17-26(2,3)4;3-2(4,5)1(6)7/h11,13-15,18H,5-9,16-17H2,1-4H3,(H-,25,27,28,29);(H,6,7). The van der Waals surface area contributed by atoms with Crippen molar-refractivity contribution >= 4 is 29.2 Å². The van der Waals surface area contributed by atoms with Crippen LogP contribution >= 0.6 is 11.3 Å². The average Bonchev–Trinajstić information content (AvgIpc) is 3.43. The number of amides is 1. The van der Waals surface area contributed by atoms with Crippen molar-refractivity contribution in [3.63, 3.8) is 0 Å². The molecule has 0 radical (unpaired) electrons. The normalized spacial score (nSPS) is 12.0. The molecule has 2 heterocycles. The van der Waals surface area contributed by atoms with E-state index in [1.807, 2.05) is 27.2 Å². The summed E-state index contributed by atoms with van der Waals surface area (Å²) in [6.45, 7) is 2.70. The van der Waals surface area contributed by atoms with Crippen LogP contribution in [0.25, 0.3) is 0 Å². The topological polar surface area (TPSA) is 120 Å². The van der Waals surface area contributed by atoms with Crippen LogP contribution in [0.1, 0.15) is 65.1 Å². The summed E-state index contributed by atoms with van der Waals surface area (Å²) < 4.78 is 37.7. The lowest BCUT2D eigenvalue weighted by Gasteiger charge is -2.28. The molecule has 0 spiro atoms. The van der Waals surface area contributed by atoms with Gasteiger partial charge < -0.3 is 29.2 Å². The van der Waals surface area contributed by atoms with Gasteiger partial charge in [-0.2, -0.15) is 13.2 Å². The van der Waals surface area contributed by atoms with Crippen molar-refractivity contribution in [2.24, 2.45) is 0 Å². The van der Waals surface area contributed by atoms with E-state index in [1.165, 1.54) is 30.6 Å². The Hall–Kier alpha value is -3.30. The molecule has 12 heteroatoms.